The molecule has 0 amide bonds. The first-order valence-electron chi connectivity index (χ1n) is 7.44. The molecule has 3 nitrogen and oxygen atoms in total. The van der Waals surface area contributed by atoms with Crippen molar-refractivity contribution in [2.75, 3.05) is 13.2 Å². The van der Waals surface area contributed by atoms with Crippen molar-refractivity contribution in [3.8, 4) is 11.5 Å². The van der Waals surface area contributed by atoms with E-state index in [0.717, 1.165) is 31.2 Å². The van der Waals surface area contributed by atoms with Crippen LogP contribution in [-0.2, 0) is 0 Å². The van der Waals surface area contributed by atoms with Crippen LogP contribution in [0.5, 0.6) is 11.5 Å². The van der Waals surface area contributed by atoms with Crippen LogP contribution in [0.1, 0.15) is 51.2 Å². The van der Waals surface area contributed by atoms with E-state index in [4.69, 9.17) is 21.1 Å². The van der Waals surface area contributed by atoms with Gasteiger partial charge in [-0.15, -0.1) is 0 Å². The van der Waals surface area contributed by atoms with Crippen molar-refractivity contribution in [1.29, 1.82) is 0 Å². The molecular formula is C16H23ClO3. The molecule has 0 radical (unpaired) electrons. The smallest absolute Gasteiger partial charge is 0.162 e. The molecule has 2 rings (SSSR count). The third kappa shape index (κ3) is 3.39. The Morgan fingerprint density at radius 3 is 2.45 bits per heavy atom. The fourth-order valence-electron chi connectivity index (χ4n) is 2.61. The second-order valence-corrected chi connectivity index (χ2v) is 5.68. The quantitative estimate of drug-likeness (QED) is 0.848. The minimum Gasteiger partial charge on any atom is -0.486 e. The molecule has 0 saturated carbocycles. The number of aliphatic hydroxyl groups is 1. The average molecular weight is 299 g/mol. The van der Waals surface area contributed by atoms with Gasteiger partial charge in [0.2, 0.25) is 0 Å². The number of hydrogen-bond acceptors (Lipinski definition) is 3. The molecule has 0 fully saturated rings. The lowest BCUT2D eigenvalue weighted by Crippen LogP contribution is -2.17. The molecule has 1 aromatic carbocycles. The second kappa shape index (κ2) is 7.19. The summed E-state index contributed by atoms with van der Waals surface area (Å²) in [5, 5.41) is 11.2. The summed E-state index contributed by atoms with van der Waals surface area (Å²) < 4.78 is 11.1. The third-order valence-corrected chi connectivity index (χ3v) is 4.21. The summed E-state index contributed by atoms with van der Waals surface area (Å²) >= 11 is 6.30. The van der Waals surface area contributed by atoms with Gasteiger partial charge in [-0.3, -0.25) is 0 Å². The molecule has 1 aliphatic heterocycles. The van der Waals surface area contributed by atoms with Crippen molar-refractivity contribution in [2.45, 2.75) is 45.6 Å². The summed E-state index contributed by atoms with van der Waals surface area (Å²) in [4.78, 5) is 0. The fourth-order valence-corrected chi connectivity index (χ4v) is 2.88. The van der Waals surface area contributed by atoms with Gasteiger partial charge >= 0.3 is 0 Å². The number of rotatable bonds is 6. The predicted molar refractivity (Wildman–Crippen MR) is 80.7 cm³/mol. The van der Waals surface area contributed by atoms with E-state index in [1.165, 1.54) is 0 Å². The number of fused-ring (bicyclic) bond motifs is 1. The van der Waals surface area contributed by atoms with Crippen molar-refractivity contribution in [1.82, 2.24) is 0 Å². The third-order valence-electron chi connectivity index (χ3n) is 3.88. The Labute approximate surface area is 125 Å². The Balaban J connectivity index is 2.21. The SMILES string of the molecule is CCCCC(CC)C(O)c1cc2c(cc1Cl)OCCO2. The van der Waals surface area contributed by atoms with Gasteiger partial charge in [-0.2, -0.15) is 0 Å². The number of halogens is 1. The molecule has 4 heteroatoms. The van der Waals surface area contributed by atoms with Gasteiger partial charge in [0.25, 0.3) is 0 Å². The zero-order chi connectivity index (χ0) is 14.5. The second-order valence-electron chi connectivity index (χ2n) is 5.27. The van der Waals surface area contributed by atoms with Crippen LogP contribution in [0.15, 0.2) is 12.1 Å². The molecule has 0 bridgehead atoms. The first kappa shape index (κ1) is 15.5. The minimum atomic E-state index is -0.546. The summed E-state index contributed by atoms with van der Waals surface area (Å²) in [7, 11) is 0. The van der Waals surface area contributed by atoms with Crippen molar-refractivity contribution in [3.05, 3.63) is 22.7 Å². The number of hydrogen-bond donors (Lipinski definition) is 1. The van der Waals surface area contributed by atoms with Crippen molar-refractivity contribution in [2.24, 2.45) is 5.92 Å². The molecule has 112 valence electrons. The summed E-state index contributed by atoms with van der Waals surface area (Å²) in [6, 6.07) is 3.58. The summed E-state index contributed by atoms with van der Waals surface area (Å²) in [5.41, 5.74) is 0.749. The Kier molecular flexibility index (Phi) is 5.55. The molecule has 1 N–H and O–H groups in total. The first-order valence-corrected chi connectivity index (χ1v) is 7.82. The highest BCUT2D eigenvalue weighted by Gasteiger charge is 2.24. The standard InChI is InChI=1S/C16H23ClO3/c1-3-5-6-11(4-2)16(18)12-9-14-15(10-13(12)17)20-8-7-19-14/h9-11,16,18H,3-8H2,1-2H3. The van der Waals surface area contributed by atoms with Crippen LogP contribution >= 0.6 is 11.6 Å². The van der Waals surface area contributed by atoms with Crippen LogP contribution < -0.4 is 9.47 Å². The maximum Gasteiger partial charge on any atom is 0.162 e. The van der Waals surface area contributed by atoms with Crippen LogP contribution in [0.3, 0.4) is 0 Å². The number of benzene rings is 1. The molecule has 1 aromatic rings. The maximum atomic E-state index is 10.6. The lowest BCUT2D eigenvalue weighted by Gasteiger charge is -2.25. The van der Waals surface area contributed by atoms with Crippen LogP contribution in [0, 0.1) is 5.92 Å². The lowest BCUT2D eigenvalue weighted by atomic mass is 9.89. The zero-order valence-electron chi connectivity index (χ0n) is 12.2. The van der Waals surface area contributed by atoms with Crippen molar-refractivity contribution < 1.29 is 14.6 Å². The summed E-state index contributed by atoms with van der Waals surface area (Å²) in [6.07, 6.45) is 3.66. The van der Waals surface area contributed by atoms with Gasteiger partial charge in [0.05, 0.1) is 11.1 Å². The topological polar surface area (TPSA) is 38.7 Å². The maximum absolute atomic E-state index is 10.6. The van der Waals surface area contributed by atoms with E-state index in [9.17, 15) is 5.11 Å². The number of ether oxygens (including phenoxy) is 2. The average Bonchev–Trinajstić information content (AvgIpc) is 2.47. The Hall–Kier alpha value is -0.930. The van der Waals surface area contributed by atoms with Gasteiger partial charge in [0.1, 0.15) is 13.2 Å². The predicted octanol–water partition coefficient (Wildman–Crippen LogP) is 4.36. The largest absolute Gasteiger partial charge is 0.486 e. The van der Waals surface area contributed by atoms with E-state index in [0.29, 0.717) is 29.7 Å². The molecule has 0 saturated heterocycles. The van der Waals surface area contributed by atoms with Crippen LogP contribution in [0.4, 0.5) is 0 Å². The summed E-state index contributed by atoms with van der Waals surface area (Å²) in [5.74, 6) is 1.58. The molecule has 1 heterocycles. The van der Waals surface area contributed by atoms with E-state index in [-0.39, 0.29) is 5.92 Å². The highest BCUT2D eigenvalue weighted by atomic mass is 35.5. The van der Waals surface area contributed by atoms with E-state index in [2.05, 4.69) is 13.8 Å². The van der Waals surface area contributed by atoms with Crippen molar-refractivity contribution in [3.63, 3.8) is 0 Å². The highest BCUT2D eigenvalue weighted by Crippen LogP contribution is 2.40. The van der Waals surface area contributed by atoms with Gasteiger partial charge in [-0.25, -0.2) is 0 Å². The van der Waals surface area contributed by atoms with Crippen LogP contribution in [-0.4, -0.2) is 18.3 Å². The van der Waals surface area contributed by atoms with Gasteiger partial charge < -0.3 is 14.6 Å². The normalized spacial score (nSPS) is 16.8. The molecule has 1 aliphatic rings. The zero-order valence-corrected chi connectivity index (χ0v) is 12.9. The number of aliphatic hydroxyl groups excluding tert-OH is 1. The molecule has 0 spiro atoms. The molecule has 2 unspecified atom stereocenters. The number of unbranched alkanes of at least 4 members (excludes halogenated alkanes) is 1. The van der Waals surface area contributed by atoms with Gasteiger partial charge in [0, 0.05) is 11.6 Å². The van der Waals surface area contributed by atoms with Crippen molar-refractivity contribution >= 4 is 11.6 Å². The summed E-state index contributed by atoms with van der Waals surface area (Å²) in [6.45, 7) is 5.35. The highest BCUT2D eigenvalue weighted by molar-refractivity contribution is 6.31. The van der Waals surface area contributed by atoms with E-state index in [1.807, 2.05) is 6.07 Å². The Morgan fingerprint density at radius 1 is 1.20 bits per heavy atom. The molecule has 2 atom stereocenters. The monoisotopic (exact) mass is 298 g/mol. The van der Waals surface area contributed by atoms with E-state index < -0.39 is 6.10 Å². The van der Waals surface area contributed by atoms with Gasteiger partial charge in [-0.1, -0.05) is 44.7 Å². The molecular weight excluding hydrogens is 276 g/mol. The fraction of sp³-hybridized carbons (Fsp3) is 0.625. The van der Waals surface area contributed by atoms with E-state index in [1.54, 1.807) is 6.07 Å². The molecule has 20 heavy (non-hydrogen) atoms. The van der Waals surface area contributed by atoms with Gasteiger partial charge in [-0.05, 0) is 18.4 Å². The lowest BCUT2D eigenvalue weighted by molar-refractivity contribution is 0.0979. The molecule has 0 aliphatic carbocycles. The Bertz CT molecular complexity index is 448. The van der Waals surface area contributed by atoms with Gasteiger partial charge in [0.15, 0.2) is 11.5 Å². The first-order chi connectivity index (χ1) is 9.67. The minimum absolute atomic E-state index is 0.231. The van der Waals surface area contributed by atoms with Crippen LogP contribution in [0.25, 0.3) is 0 Å². The van der Waals surface area contributed by atoms with Crippen LogP contribution in [0.2, 0.25) is 5.02 Å². The Morgan fingerprint density at radius 2 is 1.85 bits per heavy atom. The van der Waals surface area contributed by atoms with E-state index >= 15 is 0 Å². The molecule has 0 aromatic heterocycles.